The third kappa shape index (κ3) is 5.61. The Hall–Kier alpha value is -1.79. The summed E-state index contributed by atoms with van der Waals surface area (Å²) in [5.74, 6) is 6.23. The highest BCUT2D eigenvalue weighted by atomic mass is 16.1. The van der Waals surface area contributed by atoms with Crippen LogP contribution in [0, 0.1) is 30.1 Å². The minimum atomic E-state index is 0.0408. The second-order valence-corrected chi connectivity index (χ2v) is 6.55. The van der Waals surface area contributed by atoms with Crippen LogP contribution in [0.25, 0.3) is 0 Å². The summed E-state index contributed by atoms with van der Waals surface area (Å²) in [5, 5.41) is 2.95. The van der Waals surface area contributed by atoms with Gasteiger partial charge < -0.3 is 11.1 Å². The summed E-state index contributed by atoms with van der Waals surface area (Å²) in [6.45, 7) is 10.9. The van der Waals surface area contributed by atoms with Crippen molar-refractivity contribution in [1.82, 2.24) is 0 Å². The van der Waals surface area contributed by atoms with Gasteiger partial charge in [0, 0.05) is 17.7 Å². The third-order valence-corrected chi connectivity index (χ3v) is 3.82. The highest BCUT2D eigenvalue weighted by Gasteiger charge is 2.22. The SMILES string of the molecule is Cc1ccc(NC(=O)CC(C)C(C)(C)C)cc1C#CCN. The summed E-state index contributed by atoms with van der Waals surface area (Å²) in [6, 6.07) is 5.77. The van der Waals surface area contributed by atoms with Gasteiger partial charge in [0.15, 0.2) is 0 Å². The molecule has 1 amide bonds. The molecule has 0 fully saturated rings. The molecule has 0 aliphatic rings. The Morgan fingerprint density at radius 1 is 1.38 bits per heavy atom. The lowest BCUT2D eigenvalue weighted by atomic mass is 9.80. The minimum Gasteiger partial charge on any atom is -0.326 e. The molecule has 1 aromatic carbocycles. The molecule has 0 spiro atoms. The maximum Gasteiger partial charge on any atom is 0.224 e. The molecule has 21 heavy (non-hydrogen) atoms. The van der Waals surface area contributed by atoms with Gasteiger partial charge in [0.2, 0.25) is 5.91 Å². The lowest BCUT2D eigenvalue weighted by molar-refractivity contribution is -0.117. The van der Waals surface area contributed by atoms with Gasteiger partial charge in [-0.3, -0.25) is 4.79 Å². The zero-order valence-electron chi connectivity index (χ0n) is 13.7. The number of nitrogens with two attached hydrogens (primary N) is 1. The number of nitrogens with one attached hydrogen (secondary N) is 1. The summed E-state index contributed by atoms with van der Waals surface area (Å²) in [4.78, 5) is 12.1. The van der Waals surface area contributed by atoms with E-state index in [4.69, 9.17) is 5.73 Å². The number of benzene rings is 1. The van der Waals surface area contributed by atoms with Crippen molar-refractivity contribution in [3.05, 3.63) is 29.3 Å². The molecule has 114 valence electrons. The highest BCUT2D eigenvalue weighted by molar-refractivity contribution is 5.91. The summed E-state index contributed by atoms with van der Waals surface area (Å²) in [6.07, 6.45) is 0.515. The van der Waals surface area contributed by atoms with Gasteiger partial charge in [-0.1, -0.05) is 45.6 Å². The van der Waals surface area contributed by atoms with Crippen LogP contribution < -0.4 is 11.1 Å². The molecule has 0 bridgehead atoms. The van der Waals surface area contributed by atoms with Crippen LogP contribution in [0.15, 0.2) is 18.2 Å². The molecule has 0 aliphatic heterocycles. The van der Waals surface area contributed by atoms with Crippen LogP contribution in [-0.2, 0) is 4.79 Å². The van der Waals surface area contributed by atoms with Crippen LogP contribution in [0.1, 0.15) is 45.2 Å². The van der Waals surface area contributed by atoms with E-state index in [9.17, 15) is 4.79 Å². The van der Waals surface area contributed by atoms with Crippen molar-refractivity contribution in [1.29, 1.82) is 0 Å². The Morgan fingerprint density at radius 2 is 2.05 bits per heavy atom. The summed E-state index contributed by atoms with van der Waals surface area (Å²) in [5.41, 5.74) is 8.30. The molecular formula is C18H26N2O. The number of carbonyl (C=O) groups excluding carboxylic acids is 1. The molecule has 1 unspecified atom stereocenters. The number of hydrogen-bond donors (Lipinski definition) is 2. The summed E-state index contributed by atoms with van der Waals surface area (Å²) >= 11 is 0. The van der Waals surface area contributed by atoms with Gasteiger partial charge >= 0.3 is 0 Å². The van der Waals surface area contributed by atoms with Crippen LogP contribution >= 0.6 is 0 Å². The van der Waals surface area contributed by atoms with Crippen molar-refractivity contribution in [3.8, 4) is 11.8 Å². The Kier molecular flexibility index (Phi) is 5.99. The second kappa shape index (κ2) is 7.28. The standard InChI is InChI=1S/C18H26N2O/c1-13-8-9-16(12-15(13)7-6-10-19)20-17(21)11-14(2)18(3,4)5/h8-9,12,14H,10-11,19H2,1-5H3,(H,20,21). The van der Waals surface area contributed by atoms with E-state index in [1.807, 2.05) is 25.1 Å². The Morgan fingerprint density at radius 3 is 2.62 bits per heavy atom. The van der Waals surface area contributed by atoms with Gasteiger partial charge in [-0.2, -0.15) is 0 Å². The van der Waals surface area contributed by atoms with Crippen LogP contribution in [-0.4, -0.2) is 12.5 Å². The molecule has 0 aromatic heterocycles. The first-order chi connectivity index (χ1) is 9.74. The smallest absolute Gasteiger partial charge is 0.224 e. The van der Waals surface area contributed by atoms with Crippen molar-refractivity contribution in [2.24, 2.45) is 17.1 Å². The topological polar surface area (TPSA) is 55.1 Å². The average molecular weight is 286 g/mol. The molecule has 0 heterocycles. The molecule has 3 heteroatoms. The molecule has 1 atom stereocenters. The van der Waals surface area contributed by atoms with E-state index >= 15 is 0 Å². The van der Waals surface area contributed by atoms with Crippen LogP contribution in [0.4, 0.5) is 5.69 Å². The zero-order chi connectivity index (χ0) is 16.0. The Labute approximate surface area is 128 Å². The van der Waals surface area contributed by atoms with Crippen molar-refractivity contribution in [3.63, 3.8) is 0 Å². The van der Waals surface area contributed by atoms with Gasteiger partial charge in [-0.25, -0.2) is 0 Å². The fourth-order valence-corrected chi connectivity index (χ4v) is 1.78. The first-order valence-electron chi connectivity index (χ1n) is 7.33. The predicted octanol–water partition coefficient (Wildman–Crippen LogP) is 3.32. The maximum atomic E-state index is 12.1. The Balaban J connectivity index is 2.77. The number of aryl methyl sites for hydroxylation is 1. The van der Waals surface area contributed by atoms with Crippen LogP contribution in [0.5, 0.6) is 0 Å². The van der Waals surface area contributed by atoms with Crippen molar-refractivity contribution < 1.29 is 4.79 Å². The normalized spacial score (nSPS) is 12.3. The van der Waals surface area contributed by atoms with E-state index in [2.05, 4.69) is 44.9 Å². The van der Waals surface area contributed by atoms with Crippen LogP contribution in [0.2, 0.25) is 0 Å². The quantitative estimate of drug-likeness (QED) is 0.838. The van der Waals surface area contributed by atoms with Gasteiger partial charge in [0.05, 0.1) is 6.54 Å². The van der Waals surface area contributed by atoms with E-state index in [0.29, 0.717) is 18.9 Å². The third-order valence-electron chi connectivity index (χ3n) is 3.82. The summed E-state index contributed by atoms with van der Waals surface area (Å²) < 4.78 is 0. The number of rotatable bonds is 3. The first-order valence-corrected chi connectivity index (χ1v) is 7.33. The van der Waals surface area contributed by atoms with E-state index in [1.54, 1.807) is 0 Å². The average Bonchev–Trinajstić information content (AvgIpc) is 2.38. The number of hydrogen-bond acceptors (Lipinski definition) is 2. The minimum absolute atomic E-state index is 0.0408. The molecular weight excluding hydrogens is 260 g/mol. The van der Waals surface area contributed by atoms with Gasteiger partial charge in [0.25, 0.3) is 0 Å². The van der Waals surface area contributed by atoms with Gasteiger partial charge in [-0.15, -0.1) is 0 Å². The lowest BCUT2D eigenvalue weighted by Crippen LogP contribution is -2.23. The van der Waals surface area contributed by atoms with Gasteiger partial charge in [0.1, 0.15) is 0 Å². The predicted molar refractivity (Wildman–Crippen MR) is 89.0 cm³/mol. The molecule has 3 N–H and O–H groups in total. The molecule has 1 rings (SSSR count). The van der Waals surface area contributed by atoms with Gasteiger partial charge in [-0.05, 0) is 36.0 Å². The monoisotopic (exact) mass is 286 g/mol. The number of carbonyl (C=O) groups is 1. The molecule has 0 saturated heterocycles. The van der Waals surface area contributed by atoms with E-state index in [0.717, 1.165) is 16.8 Å². The van der Waals surface area contributed by atoms with Crippen LogP contribution in [0.3, 0.4) is 0 Å². The number of anilines is 1. The van der Waals surface area contributed by atoms with Crippen molar-refractivity contribution in [2.45, 2.75) is 41.0 Å². The molecule has 0 aliphatic carbocycles. The Bertz CT molecular complexity index is 559. The van der Waals surface area contributed by atoms with E-state index in [-0.39, 0.29) is 11.3 Å². The van der Waals surface area contributed by atoms with Crippen molar-refractivity contribution in [2.75, 3.05) is 11.9 Å². The zero-order valence-corrected chi connectivity index (χ0v) is 13.7. The largest absolute Gasteiger partial charge is 0.326 e. The fraction of sp³-hybridized carbons (Fsp3) is 0.500. The number of amides is 1. The molecule has 1 aromatic rings. The molecule has 0 radical (unpaired) electrons. The first kappa shape index (κ1) is 17.3. The fourth-order valence-electron chi connectivity index (χ4n) is 1.78. The molecule has 3 nitrogen and oxygen atoms in total. The second-order valence-electron chi connectivity index (χ2n) is 6.55. The van der Waals surface area contributed by atoms with Crippen molar-refractivity contribution >= 4 is 11.6 Å². The summed E-state index contributed by atoms with van der Waals surface area (Å²) in [7, 11) is 0. The molecule has 0 saturated carbocycles. The van der Waals surface area contributed by atoms with E-state index in [1.165, 1.54) is 0 Å². The lowest BCUT2D eigenvalue weighted by Gasteiger charge is -2.26. The van der Waals surface area contributed by atoms with E-state index < -0.39 is 0 Å². The maximum absolute atomic E-state index is 12.1. The highest BCUT2D eigenvalue weighted by Crippen LogP contribution is 2.28.